The Morgan fingerprint density at radius 2 is 2.11 bits per heavy atom. The summed E-state index contributed by atoms with van der Waals surface area (Å²) in [5.74, 6) is 0.784. The Kier molecular flexibility index (Phi) is 5.29. The minimum atomic E-state index is 0.140. The number of carbonyl (C=O) groups is 1. The molecule has 1 unspecified atom stereocenters. The molecule has 4 heteroatoms. The van der Waals surface area contributed by atoms with Crippen molar-refractivity contribution >= 4 is 6.03 Å². The van der Waals surface area contributed by atoms with E-state index in [0.29, 0.717) is 0 Å². The summed E-state index contributed by atoms with van der Waals surface area (Å²) in [4.78, 5) is 13.9. The van der Waals surface area contributed by atoms with Gasteiger partial charge < -0.3 is 15.5 Å². The van der Waals surface area contributed by atoms with Crippen LogP contribution in [0.4, 0.5) is 4.79 Å². The molecule has 2 aliphatic heterocycles. The van der Waals surface area contributed by atoms with Crippen molar-refractivity contribution in [3.8, 4) is 0 Å². The highest BCUT2D eigenvalue weighted by molar-refractivity contribution is 5.74. The highest BCUT2D eigenvalue weighted by atomic mass is 16.2. The number of hydrogen-bond donors (Lipinski definition) is 2. The topological polar surface area (TPSA) is 44.4 Å². The molecule has 2 aliphatic rings. The van der Waals surface area contributed by atoms with Gasteiger partial charge in [0.15, 0.2) is 0 Å². The van der Waals surface area contributed by atoms with E-state index in [9.17, 15) is 4.79 Å². The predicted molar refractivity (Wildman–Crippen MR) is 73.6 cm³/mol. The van der Waals surface area contributed by atoms with E-state index in [4.69, 9.17) is 0 Å². The number of nitrogens with one attached hydrogen (secondary N) is 2. The first-order valence-electron chi connectivity index (χ1n) is 7.57. The molecule has 2 fully saturated rings. The van der Waals surface area contributed by atoms with Crippen LogP contribution >= 0.6 is 0 Å². The molecule has 0 aromatic carbocycles. The third kappa shape index (κ3) is 3.61. The van der Waals surface area contributed by atoms with Crippen molar-refractivity contribution < 1.29 is 4.79 Å². The van der Waals surface area contributed by atoms with Crippen LogP contribution in [0.3, 0.4) is 0 Å². The number of amides is 2. The molecule has 2 heterocycles. The Morgan fingerprint density at radius 3 is 2.72 bits per heavy atom. The zero-order valence-corrected chi connectivity index (χ0v) is 11.6. The van der Waals surface area contributed by atoms with E-state index in [0.717, 1.165) is 44.4 Å². The highest BCUT2D eigenvalue weighted by Gasteiger charge is 2.29. The lowest BCUT2D eigenvalue weighted by atomic mass is 9.89. The van der Waals surface area contributed by atoms with Crippen LogP contribution in [0.2, 0.25) is 0 Å². The van der Waals surface area contributed by atoms with Crippen molar-refractivity contribution in [3.63, 3.8) is 0 Å². The van der Waals surface area contributed by atoms with Gasteiger partial charge in [0.25, 0.3) is 0 Å². The normalized spacial score (nSPS) is 25.4. The van der Waals surface area contributed by atoms with Crippen molar-refractivity contribution in [1.29, 1.82) is 0 Å². The van der Waals surface area contributed by atoms with Crippen molar-refractivity contribution in [2.75, 3.05) is 26.2 Å². The molecule has 0 aromatic rings. The van der Waals surface area contributed by atoms with Gasteiger partial charge in [-0.25, -0.2) is 4.79 Å². The van der Waals surface area contributed by atoms with Crippen LogP contribution in [0.5, 0.6) is 0 Å². The molecule has 2 amide bonds. The second-order valence-electron chi connectivity index (χ2n) is 5.61. The minimum Gasteiger partial charge on any atom is -0.338 e. The Morgan fingerprint density at radius 1 is 1.33 bits per heavy atom. The lowest BCUT2D eigenvalue weighted by Crippen LogP contribution is -2.47. The third-order valence-corrected chi connectivity index (χ3v) is 4.30. The van der Waals surface area contributed by atoms with E-state index in [1.807, 2.05) is 4.90 Å². The zero-order valence-electron chi connectivity index (χ0n) is 11.6. The van der Waals surface area contributed by atoms with E-state index in [1.165, 1.54) is 32.2 Å². The molecular weight excluding hydrogens is 226 g/mol. The molecule has 0 aliphatic carbocycles. The van der Waals surface area contributed by atoms with Crippen molar-refractivity contribution in [2.45, 2.75) is 51.5 Å². The van der Waals surface area contributed by atoms with E-state index < -0.39 is 0 Å². The van der Waals surface area contributed by atoms with E-state index in [1.54, 1.807) is 0 Å². The van der Waals surface area contributed by atoms with Gasteiger partial charge in [0.1, 0.15) is 0 Å². The van der Waals surface area contributed by atoms with Gasteiger partial charge in [-0.3, -0.25) is 0 Å². The van der Waals surface area contributed by atoms with Crippen LogP contribution in [0.1, 0.15) is 45.4 Å². The molecule has 0 saturated carbocycles. The van der Waals surface area contributed by atoms with Gasteiger partial charge in [0.05, 0.1) is 0 Å². The SMILES string of the molecule is CCCCNC(=O)N1CCC(C2CCCN2)CC1. The maximum atomic E-state index is 11.9. The van der Waals surface area contributed by atoms with Crippen molar-refractivity contribution in [1.82, 2.24) is 15.5 Å². The van der Waals surface area contributed by atoms with Crippen LogP contribution in [0.25, 0.3) is 0 Å². The fraction of sp³-hybridized carbons (Fsp3) is 0.929. The summed E-state index contributed by atoms with van der Waals surface area (Å²) < 4.78 is 0. The summed E-state index contributed by atoms with van der Waals surface area (Å²) in [5, 5.41) is 6.60. The average Bonchev–Trinajstić information content (AvgIpc) is 2.93. The van der Waals surface area contributed by atoms with Crippen LogP contribution in [-0.4, -0.2) is 43.2 Å². The summed E-state index contributed by atoms with van der Waals surface area (Å²) >= 11 is 0. The molecule has 18 heavy (non-hydrogen) atoms. The summed E-state index contributed by atoms with van der Waals surface area (Å²) in [6.45, 7) is 6.01. The fourth-order valence-electron chi connectivity index (χ4n) is 3.10. The summed E-state index contributed by atoms with van der Waals surface area (Å²) in [6, 6.07) is 0.858. The number of piperidine rings is 1. The van der Waals surface area contributed by atoms with Gasteiger partial charge in [0.2, 0.25) is 0 Å². The van der Waals surface area contributed by atoms with Crippen molar-refractivity contribution in [2.24, 2.45) is 5.92 Å². The number of unbranched alkanes of at least 4 members (excludes halogenated alkanes) is 1. The molecule has 0 aromatic heterocycles. The molecule has 2 saturated heterocycles. The van der Waals surface area contributed by atoms with Crippen molar-refractivity contribution in [3.05, 3.63) is 0 Å². The Bertz CT molecular complexity index is 256. The molecule has 2 N–H and O–H groups in total. The van der Waals surface area contributed by atoms with E-state index >= 15 is 0 Å². The van der Waals surface area contributed by atoms with Gasteiger partial charge in [0, 0.05) is 25.7 Å². The number of urea groups is 1. The molecule has 0 bridgehead atoms. The first kappa shape index (κ1) is 13.7. The quantitative estimate of drug-likeness (QED) is 0.752. The maximum Gasteiger partial charge on any atom is 0.317 e. The molecule has 0 spiro atoms. The van der Waals surface area contributed by atoms with Gasteiger partial charge in [-0.05, 0) is 44.6 Å². The van der Waals surface area contributed by atoms with Crippen LogP contribution < -0.4 is 10.6 Å². The Labute approximate surface area is 110 Å². The minimum absolute atomic E-state index is 0.140. The molecule has 0 radical (unpaired) electrons. The summed E-state index contributed by atoms with van der Waals surface area (Å²) in [6.07, 6.45) is 7.19. The molecule has 1 atom stereocenters. The van der Waals surface area contributed by atoms with E-state index in [-0.39, 0.29) is 6.03 Å². The highest BCUT2D eigenvalue weighted by Crippen LogP contribution is 2.25. The van der Waals surface area contributed by atoms with Gasteiger partial charge in [-0.15, -0.1) is 0 Å². The molecule has 104 valence electrons. The average molecular weight is 253 g/mol. The number of hydrogen-bond acceptors (Lipinski definition) is 2. The van der Waals surface area contributed by atoms with Gasteiger partial charge >= 0.3 is 6.03 Å². The number of carbonyl (C=O) groups excluding carboxylic acids is 1. The maximum absolute atomic E-state index is 11.9. The standard InChI is InChI=1S/C14H27N3O/c1-2-3-8-16-14(18)17-10-6-12(7-11-17)13-5-4-9-15-13/h12-13,15H,2-11H2,1H3,(H,16,18). The molecule has 2 rings (SSSR count). The predicted octanol–water partition coefficient (Wildman–Crippen LogP) is 1.96. The second-order valence-corrected chi connectivity index (χ2v) is 5.61. The van der Waals surface area contributed by atoms with E-state index in [2.05, 4.69) is 17.6 Å². The molecule has 4 nitrogen and oxygen atoms in total. The molecular formula is C14H27N3O. The fourth-order valence-corrected chi connectivity index (χ4v) is 3.10. The third-order valence-electron chi connectivity index (χ3n) is 4.30. The smallest absolute Gasteiger partial charge is 0.317 e. The van der Waals surface area contributed by atoms with Crippen LogP contribution in [0.15, 0.2) is 0 Å². The lowest BCUT2D eigenvalue weighted by Gasteiger charge is -2.34. The largest absolute Gasteiger partial charge is 0.338 e. The number of rotatable bonds is 4. The monoisotopic (exact) mass is 253 g/mol. The Hall–Kier alpha value is -0.770. The Balaban J connectivity index is 1.67. The summed E-state index contributed by atoms with van der Waals surface area (Å²) in [7, 11) is 0. The van der Waals surface area contributed by atoms with Crippen LogP contribution in [-0.2, 0) is 0 Å². The lowest BCUT2D eigenvalue weighted by molar-refractivity contribution is 0.160. The number of likely N-dealkylation sites (tertiary alicyclic amines) is 1. The first-order chi connectivity index (χ1) is 8.81. The first-order valence-corrected chi connectivity index (χ1v) is 7.57. The van der Waals surface area contributed by atoms with Crippen LogP contribution in [0, 0.1) is 5.92 Å². The second kappa shape index (κ2) is 6.98. The van der Waals surface area contributed by atoms with Gasteiger partial charge in [-0.2, -0.15) is 0 Å². The number of nitrogens with zero attached hydrogens (tertiary/aromatic N) is 1. The van der Waals surface area contributed by atoms with Gasteiger partial charge in [-0.1, -0.05) is 13.3 Å². The summed E-state index contributed by atoms with van der Waals surface area (Å²) in [5.41, 5.74) is 0. The zero-order chi connectivity index (χ0) is 12.8.